The highest BCUT2D eigenvalue weighted by atomic mass is 16.3. The quantitative estimate of drug-likeness (QED) is 0.903. The van der Waals surface area contributed by atoms with Crippen LogP contribution in [-0.4, -0.2) is 12.6 Å². The van der Waals surface area contributed by atoms with Crippen molar-refractivity contribution in [3.05, 3.63) is 53.5 Å². The van der Waals surface area contributed by atoms with Gasteiger partial charge in [-0.15, -0.1) is 0 Å². The highest BCUT2D eigenvalue weighted by Gasteiger charge is 2.23. The molecule has 0 atom stereocenters. The van der Waals surface area contributed by atoms with Crippen LogP contribution in [0.25, 0.3) is 0 Å². The lowest BCUT2D eigenvalue weighted by Gasteiger charge is -2.18. The first kappa shape index (κ1) is 12.0. The molecule has 1 aromatic carbocycles. The highest BCUT2D eigenvalue weighted by molar-refractivity contribution is 5.57. The first-order chi connectivity index (χ1) is 9.90. The number of nitrogens with zero attached hydrogens (tertiary/aromatic N) is 1. The fourth-order valence-electron chi connectivity index (χ4n) is 2.95. The third kappa shape index (κ3) is 2.34. The van der Waals surface area contributed by atoms with Crippen LogP contribution in [0, 0.1) is 0 Å². The fraction of sp³-hybridized carbons (Fsp3) is 0.412. The summed E-state index contributed by atoms with van der Waals surface area (Å²) < 4.78 is 5.71. The monoisotopic (exact) mass is 268 g/mol. The van der Waals surface area contributed by atoms with Crippen molar-refractivity contribution in [1.82, 2.24) is 5.32 Å². The smallest absolute Gasteiger partial charge is 0.127 e. The number of para-hydroxylation sites is 1. The van der Waals surface area contributed by atoms with Crippen molar-refractivity contribution in [3.8, 4) is 0 Å². The Morgan fingerprint density at radius 1 is 1.20 bits per heavy atom. The van der Waals surface area contributed by atoms with Gasteiger partial charge < -0.3 is 14.6 Å². The SMILES string of the molecule is c1ccc2c(c1)CCN2Cc1occc1CNC1CC1. The Balaban J connectivity index is 1.48. The minimum absolute atomic E-state index is 0.741. The summed E-state index contributed by atoms with van der Waals surface area (Å²) in [5, 5.41) is 3.56. The Morgan fingerprint density at radius 3 is 3.00 bits per heavy atom. The molecule has 1 fully saturated rings. The number of benzene rings is 1. The zero-order valence-corrected chi connectivity index (χ0v) is 11.6. The van der Waals surface area contributed by atoms with Gasteiger partial charge in [0.1, 0.15) is 5.76 Å². The van der Waals surface area contributed by atoms with Gasteiger partial charge in [0.25, 0.3) is 0 Å². The molecule has 0 radical (unpaired) electrons. The van der Waals surface area contributed by atoms with Crippen LogP contribution in [-0.2, 0) is 19.5 Å². The molecule has 1 saturated carbocycles. The Labute approximate surface area is 119 Å². The maximum atomic E-state index is 5.71. The van der Waals surface area contributed by atoms with E-state index >= 15 is 0 Å². The highest BCUT2D eigenvalue weighted by Crippen LogP contribution is 2.29. The Bertz CT molecular complexity index is 601. The number of rotatable bonds is 5. The molecule has 2 heterocycles. The van der Waals surface area contributed by atoms with Crippen LogP contribution in [0.15, 0.2) is 41.0 Å². The Kier molecular flexibility index (Phi) is 3.00. The van der Waals surface area contributed by atoms with Crippen LogP contribution < -0.4 is 10.2 Å². The molecule has 4 rings (SSSR count). The molecule has 0 unspecified atom stereocenters. The van der Waals surface area contributed by atoms with Gasteiger partial charge in [0, 0.05) is 30.4 Å². The molecule has 0 spiro atoms. The van der Waals surface area contributed by atoms with Crippen LogP contribution >= 0.6 is 0 Å². The Morgan fingerprint density at radius 2 is 2.10 bits per heavy atom. The third-order valence-electron chi connectivity index (χ3n) is 4.31. The van der Waals surface area contributed by atoms with E-state index in [0.717, 1.165) is 37.9 Å². The largest absolute Gasteiger partial charge is 0.467 e. The number of hydrogen-bond acceptors (Lipinski definition) is 3. The van der Waals surface area contributed by atoms with Crippen LogP contribution in [0.5, 0.6) is 0 Å². The summed E-state index contributed by atoms with van der Waals surface area (Å²) in [6.45, 7) is 2.91. The normalized spacial score (nSPS) is 17.5. The van der Waals surface area contributed by atoms with Gasteiger partial charge in [-0.05, 0) is 37.0 Å². The minimum Gasteiger partial charge on any atom is -0.467 e. The van der Waals surface area contributed by atoms with Crippen molar-refractivity contribution < 1.29 is 4.42 Å². The summed E-state index contributed by atoms with van der Waals surface area (Å²) in [4.78, 5) is 2.43. The van der Waals surface area contributed by atoms with Crippen molar-refractivity contribution in [2.24, 2.45) is 0 Å². The van der Waals surface area contributed by atoms with Crippen LogP contribution in [0.2, 0.25) is 0 Å². The molecule has 3 heteroatoms. The van der Waals surface area contributed by atoms with E-state index in [1.54, 1.807) is 0 Å². The summed E-state index contributed by atoms with van der Waals surface area (Å²) in [7, 11) is 0. The molecular formula is C17H20N2O. The standard InChI is InChI=1S/C17H20N2O/c1-2-4-16-13(3-1)7-9-19(16)12-17-14(8-10-20-17)11-18-15-5-6-15/h1-4,8,10,15,18H,5-7,9,11-12H2. The minimum atomic E-state index is 0.741. The molecule has 20 heavy (non-hydrogen) atoms. The maximum Gasteiger partial charge on any atom is 0.127 e. The molecular weight excluding hydrogens is 248 g/mol. The first-order valence-corrected chi connectivity index (χ1v) is 7.51. The molecule has 0 saturated heterocycles. The third-order valence-corrected chi connectivity index (χ3v) is 4.31. The molecule has 1 aliphatic carbocycles. The average molecular weight is 268 g/mol. The van der Waals surface area contributed by atoms with Gasteiger partial charge in [0.05, 0.1) is 12.8 Å². The zero-order chi connectivity index (χ0) is 13.4. The average Bonchev–Trinajstić information content (AvgIpc) is 3.07. The van der Waals surface area contributed by atoms with Crippen LogP contribution in [0.3, 0.4) is 0 Å². The van der Waals surface area contributed by atoms with Gasteiger partial charge in [-0.1, -0.05) is 18.2 Å². The van der Waals surface area contributed by atoms with Crippen LogP contribution in [0.1, 0.15) is 29.7 Å². The summed E-state index contributed by atoms with van der Waals surface area (Å²) in [6.07, 6.45) is 5.62. The lowest BCUT2D eigenvalue weighted by atomic mass is 10.2. The molecule has 1 aliphatic heterocycles. The van der Waals surface area contributed by atoms with E-state index in [1.807, 2.05) is 6.26 Å². The second-order valence-electron chi connectivity index (χ2n) is 5.82. The lowest BCUT2D eigenvalue weighted by molar-refractivity contribution is 0.496. The number of nitrogens with one attached hydrogen (secondary N) is 1. The molecule has 0 amide bonds. The topological polar surface area (TPSA) is 28.4 Å². The number of fused-ring (bicyclic) bond motifs is 1. The van der Waals surface area contributed by atoms with Crippen molar-refractivity contribution in [3.63, 3.8) is 0 Å². The second-order valence-corrected chi connectivity index (χ2v) is 5.82. The predicted octanol–water partition coefficient (Wildman–Crippen LogP) is 3.09. The van der Waals surface area contributed by atoms with Gasteiger partial charge in [-0.2, -0.15) is 0 Å². The molecule has 1 aromatic heterocycles. The molecule has 3 nitrogen and oxygen atoms in total. The summed E-state index contributed by atoms with van der Waals surface area (Å²) in [6, 6.07) is 11.5. The molecule has 2 aliphatic rings. The van der Waals surface area contributed by atoms with Crippen LogP contribution in [0.4, 0.5) is 5.69 Å². The van der Waals surface area contributed by atoms with E-state index in [9.17, 15) is 0 Å². The predicted molar refractivity (Wildman–Crippen MR) is 79.8 cm³/mol. The van der Waals surface area contributed by atoms with E-state index in [-0.39, 0.29) is 0 Å². The lowest BCUT2D eigenvalue weighted by Crippen LogP contribution is -2.21. The fourth-order valence-corrected chi connectivity index (χ4v) is 2.95. The summed E-state index contributed by atoms with van der Waals surface area (Å²) in [5.74, 6) is 1.11. The van der Waals surface area contributed by atoms with E-state index < -0.39 is 0 Å². The summed E-state index contributed by atoms with van der Waals surface area (Å²) in [5.41, 5.74) is 4.13. The number of furan rings is 1. The van der Waals surface area contributed by atoms with E-state index in [4.69, 9.17) is 4.42 Å². The van der Waals surface area contributed by atoms with Gasteiger partial charge >= 0.3 is 0 Å². The van der Waals surface area contributed by atoms with Crippen molar-refractivity contribution in [1.29, 1.82) is 0 Å². The van der Waals surface area contributed by atoms with E-state index in [1.165, 1.54) is 29.7 Å². The van der Waals surface area contributed by atoms with Gasteiger partial charge in [0.15, 0.2) is 0 Å². The van der Waals surface area contributed by atoms with Crippen molar-refractivity contribution in [2.75, 3.05) is 11.4 Å². The molecule has 104 valence electrons. The van der Waals surface area contributed by atoms with Gasteiger partial charge in [-0.3, -0.25) is 0 Å². The molecule has 2 aromatic rings. The Hall–Kier alpha value is -1.74. The van der Waals surface area contributed by atoms with Gasteiger partial charge in [-0.25, -0.2) is 0 Å². The molecule has 1 N–H and O–H groups in total. The maximum absolute atomic E-state index is 5.71. The van der Waals surface area contributed by atoms with Gasteiger partial charge in [0.2, 0.25) is 0 Å². The zero-order valence-electron chi connectivity index (χ0n) is 11.6. The number of anilines is 1. The van der Waals surface area contributed by atoms with E-state index in [0.29, 0.717) is 0 Å². The summed E-state index contributed by atoms with van der Waals surface area (Å²) >= 11 is 0. The second kappa shape index (κ2) is 4.98. The first-order valence-electron chi connectivity index (χ1n) is 7.51. The van der Waals surface area contributed by atoms with Crippen molar-refractivity contribution >= 4 is 5.69 Å². The van der Waals surface area contributed by atoms with E-state index in [2.05, 4.69) is 40.5 Å². The number of hydrogen-bond donors (Lipinski definition) is 1. The molecule has 0 bridgehead atoms. The van der Waals surface area contributed by atoms with Crippen molar-refractivity contribution in [2.45, 2.75) is 38.4 Å².